The molecule has 0 fully saturated rings. The van der Waals surface area contributed by atoms with Crippen LogP contribution in [0.2, 0.25) is 6.32 Å². The Morgan fingerprint density at radius 2 is 2.08 bits per heavy atom. The van der Waals surface area contributed by atoms with Gasteiger partial charge in [0.05, 0.1) is 0 Å². The van der Waals surface area contributed by atoms with Crippen molar-refractivity contribution in [3.8, 4) is 0 Å². The van der Waals surface area contributed by atoms with E-state index in [1.165, 1.54) is 17.3 Å². The van der Waals surface area contributed by atoms with Crippen molar-refractivity contribution in [1.82, 2.24) is 0 Å². The first kappa shape index (κ1) is 10.3. The number of hydrogen-bond acceptors (Lipinski definition) is 3. The summed E-state index contributed by atoms with van der Waals surface area (Å²) in [6.45, 7) is 0. The molecule has 1 rings (SSSR count). The zero-order valence-corrected chi connectivity index (χ0v) is 8.22. The lowest BCUT2D eigenvalue weighted by Crippen LogP contribution is -2.08. The molecule has 0 radical (unpaired) electrons. The second-order valence-electron chi connectivity index (χ2n) is 2.68. The molecular formula is C9H12BNOS. The molecule has 1 aromatic carbocycles. The van der Waals surface area contributed by atoms with Gasteiger partial charge in [0.2, 0.25) is 7.41 Å². The van der Waals surface area contributed by atoms with Crippen LogP contribution in [0.15, 0.2) is 30.3 Å². The Morgan fingerprint density at radius 3 is 2.69 bits per heavy atom. The summed E-state index contributed by atoms with van der Waals surface area (Å²) in [4.78, 5) is 11.1. The van der Waals surface area contributed by atoms with Crippen LogP contribution in [0.3, 0.4) is 0 Å². The van der Waals surface area contributed by atoms with Gasteiger partial charge in [-0.1, -0.05) is 42.1 Å². The maximum atomic E-state index is 11.1. The number of hydrogen-bond donors (Lipinski definition) is 1. The molecule has 1 aromatic rings. The van der Waals surface area contributed by atoms with Gasteiger partial charge in [-0.15, -0.1) is 0 Å². The van der Waals surface area contributed by atoms with Crippen LogP contribution in [0.1, 0.15) is 5.56 Å². The average molecular weight is 193 g/mol. The Morgan fingerprint density at radius 1 is 1.38 bits per heavy atom. The predicted octanol–water partition coefficient (Wildman–Crippen LogP) is 1.17. The minimum absolute atomic E-state index is 0.173. The molecule has 2 N–H and O–H groups in total. The summed E-state index contributed by atoms with van der Waals surface area (Å²) in [5.74, 6) is 0.750. The molecule has 0 unspecified atom stereocenters. The van der Waals surface area contributed by atoms with E-state index < -0.39 is 0 Å². The molecule has 0 aliphatic heterocycles. The zero-order valence-electron chi connectivity index (χ0n) is 7.40. The van der Waals surface area contributed by atoms with E-state index in [4.69, 9.17) is 5.64 Å². The van der Waals surface area contributed by atoms with Gasteiger partial charge in [0.25, 0.3) is 0 Å². The number of carbonyl (C=O) groups is 1. The highest BCUT2D eigenvalue weighted by Crippen LogP contribution is 2.13. The van der Waals surface area contributed by atoms with E-state index in [0.717, 1.165) is 5.75 Å². The van der Waals surface area contributed by atoms with Gasteiger partial charge < -0.3 is 5.64 Å². The van der Waals surface area contributed by atoms with Gasteiger partial charge in [-0.25, -0.2) is 0 Å². The Hall–Kier alpha value is -0.735. The van der Waals surface area contributed by atoms with Gasteiger partial charge in [-0.05, 0) is 5.56 Å². The third-order valence-electron chi connectivity index (χ3n) is 1.59. The number of carbonyl (C=O) groups excluding carboxylic acids is 1. The summed E-state index contributed by atoms with van der Waals surface area (Å²) in [6.07, 6.45) is 0.470. The summed E-state index contributed by atoms with van der Waals surface area (Å²) in [6, 6.07) is 9.95. The Balaban J connectivity index is 2.31. The standard InChI is InChI=1S/C9H12BNOS/c11-10-6-9(12)13-7-8-4-2-1-3-5-8/h1-5,10H,6-7,11H2. The van der Waals surface area contributed by atoms with Gasteiger partial charge in [-0.3, -0.25) is 4.79 Å². The van der Waals surface area contributed by atoms with Gasteiger partial charge >= 0.3 is 0 Å². The van der Waals surface area contributed by atoms with Crippen LogP contribution in [-0.2, 0) is 10.5 Å². The second-order valence-corrected chi connectivity index (χ2v) is 3.72. The number of benzene rings is 1. The van der Waals surface area contributed by atoms with Crippen molar-refractivity contribution >= 4 is 24.3 Å². The molecule has 0 saturated carbocycles. The van der Waals surface area contributed by atoms with Gasteiger partial charge in [0, 0.05) is 12.1 Å². The molecule has 0 heterocycles. The molecule has 68 valence electrons. The molecule has 0 aliphatic rings. The second kappa shape index (κ2) is 5.83. The lowest BCUT2D eigenvalue weighted by Gasteiger charge is -1.98. The quantitative estimate of drug-likeness (QED) is 0.730. The van der Waals surface area contributed by atoms with Crippen LogP contribution < -0.4 is 5.64 Å². The molecule has 0 aliphatic carbocycles. The molecule has 0 atom stereocenters. The van der Waals surface area contributed by atoms with Crippen LogP contribution in [0.4, 0.5) is 0 Å². The van der Waals surface area contributed by atoms with Gasteiger partial charge in [-0.2, -0.15) is 0 Å². The molecule has 0 saturated heterocycles. The largest absolute Gasteiger partial charge is 0.372 e. The third-order valence-corrected chi connectivity index (χ3v) is 2.59. The van der Waals surface area contributed by atoms with E-state index in [1.807, 2.05) is 30.3 Å². The maximum Gasteiger partial charge on any atom is 0.207 e. The number of thioether (sulfide) groups is 1. The minimum atomic E-state index is 0.173. The van der Waals surface area contributed by atoms with Gasteiger partial charge in [0.15, 0.2) is 5.12 Å². The Bertz CT molecular complexity index is 266. The van der Waals surface area contributed by atoms with E-state index >= 15 is 0 Å². The lowest BCUT2D eigenvalue weighted by atomic mass is 9.93. The van der Waals surface area contributed by atoms with E-state index in [2.05, 4.69) is 0 Å². The molecular weight excluding hydrogens is 181 g/mol. The summed E-state index contributed by atoms with van der Waals surface area (Å²) in [7, 11) is 0.445. The fraction of sp³-hybridized carbons (Fsp3) is 0.222. The average Bonchev–Trinajstić information content (AvgIpc) is 2.17. The van der Waals surface area contributed by atoms with Crippen LogP contribution >= 0.6 is 11.8 Å². The molecule has 0 bridgehead atoms. The monoisotopic (exact) mass is 193 g/mol. The first-order valence-electron chi connectivity index (χ1n) is 4.22. The van der Waals surface area contributed by atoms with Crippen molar-refractivity contribution in [1.29, 1.82) is 0 Å². The molecule has 0 aromatic heterocycles. The highest BCUT2D eigenvalue weighted by molar-refractivity contribution is 8.13. The smallest absolute Gasteiger partial charge is 0.207 e. The number of rotatable bonds is 4. The SMILES string of the molecule is NBCC(=O)SCc1ccccc1. The van der Waals surface area contributed by atoms with Crippen molar-refractivity contribution in [2.45, 2.75) is 12.1 Å². The van der Waals surface area contributed by atoms with E-state index in [-0.39, 0.29) is 5.12 Å². The maximum absolute atomic E-state index is 11.1. The van der Waals surface area contributed by atoms with Crippen molar-refractivity contribution < 1.29 is 4.79 Å². The number of nitrogens with two attached hydrogens (primary N) is 1. The predicted molar refractivity (Wildman–Crippen MR) is 58.9 cm³/mol. The molecule has 4 heteroatoms. The Kier molecular flexibility index (Phi) is 4.64. The normalized spacial score (nSPS) is 9.62. The highest BCUT2D eigenvalue weighted by atomic mass is 32.2. The van der Waals surface area contributed by atoms with Gasteiger partial charge in [0.1, 0.15) is 0 Å². The third kappa shape index (κ3) is 4.15. The zero-order chi connectivity index (χ0) is 9.52. The molecule has 2 nitrogen and oxygen atoms in total. The molecule has 0 amide bonds. The van der Waals surface area contributed by atoms with E-state index in [9.17, 15) is 4.79 Å². The van der Waals surface area contributed by atoms with Crippen molar-refractivity contribution in [3.05, 3.63) is 35.9 Å². The molecule has 13 heavy (non-hydrogen) atoms. The summed E-state index contributed by atoms with van der Waals surface area (Å²) in [5, 5.41) is 0.173. The minimum Gasteiger partial charge on any atom is -0.372 e. The van der Waals surface area contributed by atoms with Crippen molar-refractivity contribution in [2.24, 2.45) is 5.64 Å². The topological polar surface area (TPSA) is 43.1 Å². The fourth-order valence-electron chi connectivity index (χ4n) is 0.928. The summed E-state index contributed by atoms with van der Waals surface area (Å²) in [5.41, 5.74) is 6.44. The first-order chi connectivity index (χ1) is 6.33. The summed E-state index contributed by atoms with van der Waals surface area (Å²) >= 11 is 1.34. The lowest BCUT2D eigenvalue weighted by molar-refractivity contribution is -0.109. The van der Waals surface area contributed by atoms with E-state index in [1.54, 1.807) is 0 Å². The molecule has 0 spiro atoms. The first-order valence-corrected chi connectivity index (χ1v) is 5.21. The fourth-order valence-corrected chi connectivity index (χ4v) is 1.71. The van der Waals surface area contributed by atoms with Crippen LogP contribution in [0, 0.1) is 0 Å². The van der Waals surface area contributed by atoms with E-state index in [0.29, 0.717) is 13.7 Å². The Labute approximate surface area is 83.2 Å². The van der Waals surface area contributed by atoms with Crippen LogP contribution in [-0.4, -0.2) is 12.5 Å². The van der Waals surface area contributed by atoms with Crippen molar-refractivity contribution in [2.75, 3.05) is 0 Å². The van der Waals surface area contributed by atoms with Crippen LogP contribution in [0.25, 0.3) is 0 Å². The van der Waals surface area contributed by atoms with Crippen molar-refractivity contribution in [3.63, 3.8) is 0 Å². The summed E-state index contributed by atoms with van der Waals surface area (Å²) < 4.78 is 0. The highest BCUT2D eigenvalue weighted by Gasteiger charge is 2.01. The van der Waals surface area contributed by atoms with Crippen LogP contribution in [0.5, 0.6) is 0 Å².